The van der Waals surface area contributed by atoms with E-state index in [4.69, 9.17) is 0 Å². The molecule has 1 rings (SSSR count). The fourth-order valence-corrected chi connectivity index (χ4v) is 3.62. The summed E-state index contributed by atoms with van der Waals surface area (Å²) in [5.74, 6) is 0.730. The maximum Gasteiger partial charge on any atom is 0.103 e. The fourth-order valence-electron chi connectivity index (χ4n) is 2.03. The standard InChI is InChI=1S/C13H23NS/c1-6-10(2)15-13(9-14)7-11(8-13)12(3,4)5/h10-11H,6-8H2,1-5H3. The third-order valence-corrected chi connectivity index (χ3v) is 5.19. The Labute approximate surface area is 98.6 Å². The average Bonchev–Trinajstić information content (AvgIpc) is 2.08. The van der Waals surface area contributed by atoms with E-state index < -0.39 is 0 Å². The Balaban J connectivity index is 2.53. The van der Waals surface area contributed by atoms with Crippen LogP contribution in [0.4, 0.5) is 0 Å². The molecule has 86 valence electrons. The maximum absolute atomic E-state index is 9.29. The zero-order valence-corrected chi connectivity index (χ0v) is 11.4. The number of thioether (sulfide) groups is 1. The van der Waals surface area contributed by atoms with Gasteiger partial charge in [-0.15, -0.1) is 11.8 Å². The molecular formula is C13H23NS. The van der Waals surface area contributed by atoms with E-state index in [9.17, 15) is 5.26 Å². The Morgan fingerprint density at radius 1 is 1.47 bits per heavy atom. The van der Waals surface area contributed by atoms with Crippen molar-refractivity contribution in [2.24, 2.45) is 11.3 Å². The molecule has 0 aromatic carbocycles. The molecule has 0 aliphatic heterocycles. The lowest BCUT2D eigenvalue weighted by atomic mass is 9.63. The van der Waals surface area contributed by atoms with Gasteiger partial charge in [-0.3, -0.25) is 0 Å². The van der Waals surface area contributed by atoms with Crippen LogP contribution in [0.3, 0.4) is 0 Å². The number of hydrogen-bond acceptors (Lipinski definition) is 2. The van der Waals surface area contributed by atoms with Crippen LogP contribution in [0.5, 0.6) is 0 Å². The topological polar surface area (TPSA) is 23.8 Å². The first-order valence-corrected chi connectivity index (χ1v) is 6.80. The number of nitrogens with zero attached hydrogens (tertiary/aromatic N) is 1. The molecule has 0 spiro atoms. The monoisotopic (exact) mass is 225 g/mol. The van der Waals surface area contributed by atoms with E-state index >= 15 is 0 Å². The lowest BCUT2D eigenvalue weighted by molar-refractivity contribution is 0.122. The number of nitriles is 1. The highest BCUT2D eigenvalue weighted by Crippen LogP contribution is 2.55. The van der Waals surface area contributed by atoms with E-state index in [0.29, 0.717) is 10.7 Å². The first kappa shape index (κ1) is 12.9. The van der Waals surface area contributed by atoms with Crippen LogP contribution in [0.15, 0.2) is 0 Å². The summed E-state index contributed by atoms with van der Waals surface area (Å²) in [6.07, 6.45) is 3.33. The highest BCUT2D eigenvalue weighted by atomic mass is 32.2. The predicted molar refractivity (Wildman–Crippen MR) is 67.9 cm³/mol. The third-order valence-electron chi connectivity index (χ3n) is 3.58. The lowest BCUT2D eigenvalue weighted by Gasteiger charge is -2.49. The van der Waals surface area contributed by atoms with Gasteiger partial charge in [0.05, 0.1) is 6.07 Å². The Morgan fingerprint density at radius 3 is 2.33 bits per heavy atom. The van der Waals surface area contributed by atoms with Crippen molar-refractivity contribution in [3.8, 4) is 6.07 Å². The van der Waals surface area contributed by atoms with Gasteiger partial charge in [-0.2, -0.15) is 5.26 Å². The predicted octanol–water partition coefficient (Wildman–Crippen LogP) is 4.24. The van der Waals surface area contributed by atoms with Gasteiger partial charge < -0.3 is 0 Å². The van der Waals surface area contributed by atoms with Gasteiger partial charge in [-0.25, -0.2) is 0 Å². The molecule has 0 aromatic heterocycles. The lowest BCUT2D eigenvalue weighted by Crippen LogP contribution is -2.46. The van der Waals surface area contributed by atoms with E-state index in [2.05, 4.69) is 40.7 Å². The summed E-state index contributed by atoms with van der Waals surface area (Å²) >= 11 is 1.89. The zero-order chi connectivity index (χ0) is 11.7. The van der Waals surface area contributed by atoms with Gasteiger partial charge in [0.2, 0.25) is 0 Å². The highest BCUT2D eigenvalue weighted by Gasteiger charge is 2.49. The largest absolute Gasteiger partial charge is 0.197 e. The summed E-state index contributed by atoms with van der Waals surface area (Å²) < 4.78 is -0.0621. The first-order valence-electron chi connectivity index (χ1n) is 5.92. The molecule has 1 aliphatic carbocycles. The van der Waals surface area contributed by atoms with Crippen LogP contribution in [0.25, 0.3) is 0 Å². The summed E-state index contributed by atoms with van der Waals surface area (Å²) in [5, 5.41) is 9.91. The van der Waals surface area contributed by atoms with Gasteiger partial charge in [-0.05, 0) is 30.6 Å². The second-order valence-electron chi connectivity index (χ2n) is 5.91. The Bertz CT molecular complexity index is 253. The Kier molecular flexibility index (Phi) is 3.76. The van der Waals surface area contributed by atoms with Crippen LogP contribution >= 0.6 is 11.8 Å². The minimum Gasteiger partial charge on any atom is -0.197 e. The Hall–Kier alpha value is -0.160. The quantitative estimate of drug-likeness (QED) is 0.717. The van der Waals surface area contributed by atoms with Crippen LogP contribution < -0.4 is 0 Å². The Morgan fingerprint density at radius 2 is 2.00 bits per heavy atom. The molecule has 1 atom stereocenters. The van der Waals surface area contributed by atoms with Gasteiger partial charge in [0.25, 0.3) is 0 Å². The minimum atomic E-state index is -0.0621. The summed E-state index contributed by atoms with van der Waals surface area (Å²) in [6, 6.07) is 2.55. The third kappa shape index (κ3) is 2.91. The van der Waals surface area contributed by atoms with E-state index in [-0.39, 0.29) is 4.75 Å². The average molecular weight is 225 g/mol. The normalized spacial score (nSPS) is 32.9. The smallest absolute Gasteiger partial charge is 0.103 e. The molecule has 0 aromatic rings. The second kappa shape index (κ2) is 4.37. The van der Waals surface area contributed by atoms with Gasteiger partial charge in [0.1, 0.15) is 4.75 Å². The highest BCUT2D eigenvalue weighted by molar-refractivity contribution is 8.01. The molecule has 0 saturated heterocycles. The molecule has 0 N–H and O–H groups in total. The molecule has 1 fully saturated rings. The van der Waals surface area contributed by atoms with Crippen molar-refractivity contribution >= 4 is 11.8 Å². The van der Waals surface area contributed by atoms with E-state index in [1.165, 1.54) is 0 Å². The molecule has 1 saturated carbocycles. The van der Waals surface area contributed by atoms with Crippen molar-refractivity contribution in [2.75, 3.05) is 0 Å². The van der Waals surface area contributed by atoms with Crippen molar-refractivity contribution in [1.29, 1.82) is 5.26 Å². The molecule has 1 nitrogen and oxygen atoms in total. The summed E-state index contributed by atoms with van der Waals surface area (Å²) in [4.78, 5) is 0. The first-order chi connectivity index (χ1) is 6.83. The molecule has 0 radical (unpaired) electrons. The molecular weight excluding hydrogens is 202 g/mol. The van der Waals surface area contributed by atoms with Crippen molar-refractivity contribution < 1.29 is 0 Å². The SMILES string of the molecule is CCC(C)SC1(C#N)CC(C(C)(C)C)C1. The second-order valence-corrected chi connectivity index (χ2v) is 7.74. The molecule has 2 heteroatoms. The minimum absolute atomic E-state index is 0.0621. The molecule has 0 amide bonds. The molecule has 15 heavy (non-hydrogen) atoms. The van der Waals surface area contributed by atoms with Gasteiger partial charge in [-0.1, -0.05) is 34.6 Å². The molecule has 0 heterocycles. The van der Waals surface area contributed by atoms with E-state index in [1.54, 1.807) is 0 Å². The maximum atomic E-state index is 9.29. The molecule has 1 aliphatic rings. The van der Waals surface area contributed by atoms with E-state index in [1.807, 2.05) is 11.8 Å². The summed E-state index contributed by atoms with van der Waals surface area (Å²) in [6.45, 7) is 11.3. The van der Waals surface area contributed by atoms with Crippen molar-refractivity contribution in [3.05, 3.63) is 0 Å². The van der Waals surface area contributed by atoms with Gasteiger partial charge >= 0.3 is 0 Å². The summed E-state index contributed by atoms with van der Waals surface area (Å²) in [5.41, 5.74) is 0.371. The molecule has 0 bridgehead atoms. The van der Waals surface area contributed by atoms with Crippen LogP contribution in [0.2, 0.25) is 0 Å². The number of rotatable bonds is 3. The molecule has 1 unspecified atom stereocenters. The van der Waals surface area contributed by atoms with Crippen LogP contribution in [0, 0.1) is 22.7 Å². The van der Waals surface area contributed by atoms with Gasteiger partial charge in [0, 0.05) is 5.25 Å². The van der Waals surface area contributed by atoms with E-state index in [0.717, 1.165) is 25.2 Å². The number of hydrogen-bond donors (Lipinski definition) is 0. The van der Waals surface area contributed by atoms with Crippen LogP contribution in [0.1, 0.15) is 53.9 Å². The van der Waals surface area contributed by atoms with Crippen LogP contribution in [-0.4, -0.2) is 10.00 Å². The van der Waals surface area contributed by atoms with Gasteiger partial charge in [0.15, 0.2) is 0 Å². The summed E-state index contributed by atoms with van der Waals surface area (Å²) in [7, 11) is 0. The zero-order valence-electron chi connectivity index (χ0n) is 10.6. The van der Waals surface area contributed by atoms with Crippen molar-refractivity contribution in [1.82, 2.24) is 0 Å². The fraction of sp³-hybridized carbons (Fsp3) is 0.923. The van der Waals surface area contributed by atoms with Crippen molar-refractivity contribution in [2.45, 2.75) is 63.9 Å². The van der Waals surface area contributed by atoms with Crippen LogP contribution in [-0.2, 0) is 0 Å². The van der Waals surface area contributed by atoms with Crippen molar-refractivity contribution in [3.63, 3.8) is 0 Å².